The molecule has 1 aliphatic heterocycles. The maximum absolute atomic E-state index is 13.5. The molecule has 1 N–H and O–H groups in total. The van der Waals surface area contributed by atoms with E-state index in [1.807, 2.05) is 48.2 Å². The van der Waals surface area contributed by atoms with Crippen LogP contribution >= 0.6 is 0 Å². The predicted molar refractivity (Wildman–Crippen MR) is 123 cm³/mol. The third kappa shape index (κ3) is 4.19. The molecule has 1 aromatic carbocycles. The second kappa shape index (κ2) is 8.82. The monoisotopic (exact) mass is 441 g/mol. The topological polar surface area (TPSA) is 101 Å². The lowest BCUT2D eigenvalue weighted by atomic mass is 10.0. The average Bonchev–Trinajstić information content (AvgIpc) is 3.25. The van der Waals surface area contributed by atoms with Gasteiger partial charge in [-0.05, 0) is 38.0 Å². The third-order valence-electron chi connectivity index (χ3n) is 5.96. The Kier molecular flexibility index (Phi) is 5.56. The van der Waals surface area contributed by atoms with Gasteiger partial charge < -0.3 is 14.7 Å². The van der Waals surface area contributed by atoms with Crippen molar-refractivity contribution < 1.29 is 14.1 Å². The van der Waals surface area contributed by atoms with Crippen LogP contribution in [-0.2, 0) is 0 Å². The quantitative estimate of drug-likeness (QED) is 0.519. The van der Waals surface area contributed by atoms with Gasteiger partial charge >= 0.3 is 0 Å². The summed E-state index contributed by atoms with van der Waals surface area (Å²) in [5.74, 6) is -0.223. The van der Waals surface area contributed by atoms with Crippen LogP contribution in [0.5, 0.6) is 0 Å². The van der Waals surface area contributed by atoms with Gasteiger partial charge in [0.2, 0.25) is 0 Å². The highest BCUT2D eigenvalue weighted by Gasteiger charge is 2.28. The van der Waals surface area contributed by atoms with Crippen LogP contribution in [0.2, 0.25) is 0 Å². The van der Waals surface area contributed by atoms with E-state index in [0.717, 1.165) is 5.56 Å². The molecule has 0 spiro atoms. The van der Waals surface area contributed by atoms with Crippen LogP contribution in [0.4, 0.5) is 0 Å². The van der Waals surface area contributed by atoms with Crippen LogP contribution < -0.4 is 5.32 Å². The van der Waals surface area contributed by atoms with Crippen molar-refractivity contribution >= 4 is 22.9 Å². The highest BCUT2D eigenvalue weighted by Crippen LogP contribution is 2.28. The minimum Gasteiger partial charge on any atom is -0.349 e. The largest absolute Gasteiger partial charge is 0.349 e. The van der Waals surface area contributed by atoms with Gasteiger partial charge in [0, 0.05) is 37.1 Å². The molecular formula is C25H23N5O3. The molecule has 0 atom stereocenters. The molecule has 4 aromatic rings. The molecule has 0 aliphatic carbocycles. The predicted octanol–water partition coefficient (Wildman–Crippen LogP) is 3.63. The maximum atomic E-state index is 13.5. The highest BCUT2D eigenvalue weighted by atomic mass is 16.5. The minimum atomic E-state index is -0.142. The summed E-state index contributed by atoms with van der Waals surface area (Å²) in [6.45, 7) is 2.91. The summed E-state index contributed by atoms with van der Waals surface area (Å²) >= 11 is 0. The number of benzene rings is 1. The van der Waals surface area contributed by atoms with Crippen molar-refractivity contribution in [3.8, 4) is 11.3 Å². The summed E-state index contributed by atoms with van der Waals surface area (Å²) in [5.41, 5.74) is 3.64. The molecule has 8 heteroatoms. The fourth-order valence-corrected chi connectivity index (χ4v) is 4.18. The van der Waals surface area contributed by atoms with Crippen LogP contribution in [0.1, 0.15) is 39.3 Å². The molecule has 33 heavy (non-hydrogen) atoms. The molecule has 1 aliphatic rings. The standard InChI is InChI=1S/C25H23N5O3/c1-16-22-20(14-21(28-24(22)33-29-16)17-6-3-2-4-7-17)25(32)30-12-9-19(10-13-30)27-23(31)18-8-5-11-26-15-18/h2-8,11,14-15,19H,9-10,12-13H2,1H3,(H,27,31). The van der Waals surface area contributed by atoms with E-state index in [-0.39, 0.29) is 17.9 Å². The van der Waals surface area contributed by atoms with E-state index in [2.05, 4.69) is 20.4 Å². The number of hydrogen-bond donors (Lipinski definition) is 1. The molecule has 4 heterocycles. The van der Waals surface area contributed by atoms with Gasteiger partial charge in [-0.1, -0.05) is 35.5 Å². The molecule has 2 amide bonds. The van der Waals surface area contributed by atoms with E-state index in [1.54, 1.807) is 24.5 Å². The molecule has 5 rings (SSSR count). The van der Waals surface area contributed by atoms with Crippen LogP contribution in [0.15, 0.2) is 65.4 Å². The Morgan fingerprint density at radius 3 is 2.61 bits per heavy atom. The zero-order valence-corrected chi connectivity index (χ0v) is 18.2. The Labute approximate surface area is 190 Å². The summed E-state index contributed by atoms with van der Waals surface area (Å²) in [6.07, 6.45) is 4.55. The maximum Gasteiger partial charge on any atom is 0.259 e. The zero-order valence-electron chi connectivity index (χ0n) is 18.2. The molecular weight excluding hydrogens is 418 g/mol. The van der Waals surface area contributed by atoms with Gasteiger partial charge in [-0.2, -0.15) is 0 Å². The Hall–Kier alpha value is -4.07. The van der Waals surface area contributed by atoms with Gasteiger partial charge in [0.05, 0.1) is 27.9 Å². The summed E-state index contributed by atoms with van der Waals surface area (Å²) in [5, 5.41) is 7.72. The number of likely N-dealkylation sites (tertiary alicyclic amines) is 1. The fraction of sp³-hybridized carbons (Fsp3) is 0.240. The normalized spacial score (nSPS) is 14.4. The number of fused-ring (bicyclic) bond motifs is 1. The van der Waals surface area contributed by atoms with Gasteiger partial charge in [-0.25, -0.2) is 4.98 Å². The Bertz CT molecular complexity index is 1300. The Morgan fingerprint density at radius 1 is 1.09 bits per heavy atom. The van der Waals surface area contributed by atoms with Gasteiger partial charge in [0.1, 0.15) is 0 Å². The number of amides is 2. The number of rotatable bonds is 4. The van der Waals surface area contributed by atoms with Crippen LogP contribution in [-0.4, -0.2) is 51.0 Å². The van der Waals surface area contributed by atoms with Crippen molar-refractivity contribution in [2.45, 2.75) is 25.8 Å². The third-order valence-corrected chi connectivity index (χ3v) is 5.96. The van der Waals surface area contributed by atoms with E-state index < -0.39 is 0 Å². The van der Waals surface area contributed by atoms with Crippen LogP contribution in [0.3, 0.4) is 0 Å². The molecule has 1 saturated heterocycles. The number of nitrogens with one attached hydrogen (secondary N) is 1. The molecule has 0 radical (unpaired) electrons. The minimum absolute atomic E-state index is 0.0106. The molecule has 0 bridgehead atoms. The first kappa shape index (κ1) is 20.8. The molecule has 8 nitrogen and oxygen atoms in total. The molecule has 0 saturated carbocycles. The van der Waals surface area contributed by atoms with E-state index >= 15 is 0 Å². The van der Waals surface area contributed by atoms with Gasteiger partial charge in [0.25, 0.3) is 17.5 Å². The molecule has 3 aromatic heterocycles. The summed E-state index contributed by atoms with van der Waals surface area (Å²) in [4.78, 5) is 36.3. The zero-order chi connectivity index (χ0) is 22.8. The van der Waals surface area contributed by atoms with Gasteiger partial charge in [-0.15, -0.1) is 0 Å². The lowest BCUT2D eigenvalue weighted by molar-refractivity contribution is 0.0700. The number of hydrogen-bond acceptors (Lipinski definition) is 6. The Morgan fingerprint density at radius 2 is 1.88 bits per heavy atom. The number of aromatic nitrogens is 3. The summed E-state index contributed by atoms with van der Waals surface area (Å²) in [6, 6.07) is 15.0. The number of piperidine rings is 1. The van der Waals surface area contributed by atoms with E-state index in [1.165, 1.54) is 0 Å². The van der Waals surface area contributed by atoms with Crippen molar-refractivity contribution in [2.24, 2.45) is 0 Å². The average molecular weight is 441 g/mol. The van der Waals surface area contributed by atoms with Crippen molar-refractivity contribution in [2.75, 3.05) is 13.1 Å². The van der Waals surface area contributed by atoms with Crippen molar-refractivity contribution in [3.63, 3.8) is 0 Å². The SMILES string of the molecule is Cc1noc2nc(-c3ccccc3)cc(C(=O)N3CCC(NC(=O)c4cccnc4)CC3)c12. The molecule has 1 fully saturated rings. The lowest BCUT2D eigenvalue weighted by Crippen LogP contribution is -2.46. The van der Waals surface area contributed by atoms with E-state index in [9.17, 15) is 9.59 Å². The second-order valence-corrected chi connectivity index (χ2v) is 8.15. The van der Waals surface area contributed by atoms with Crippen LogP contribution in [0, 0.1) is 6.92 Å². The van der Waals surface area contributed by atoms with Gasteiger partial charge in [0.15, 0.2) is 0 Å². The number of aryl methyl sites for hydroxylation is 1. The smallest absolute Gasteiger partial charge is 0.259 e. The first-order valence-electron chi connectivity index (χ1n) is 10.9. The second-order valence-electron chi connectivity index (χ2n) is 8.15. The van der Waals surface area contributed by atoms with E-state index in [0.29, 0.717) is 59.5 Å². The first-order valence-corrected chi connectivity index (χ1v) is 10.9. The number of carbonyl (C=O) groups excluding carboxylic acids is 2. The molecule has 166 valence electrons. The Balaban J connectivity index is 1.34. The van der Waals surface area contributed by atoms with Crippen molar-refractivity contribution in [1.82, 2.24) is 25.3 Å². The number of nitrogens with zero attached hydrogens (tertiary/aromatic N) is 4. The van der Waals surface area contributed by atoms with E-state index in [4.69, 9.17) is 4.52 Å². The van der Waals surface area contributed by atoms with Crippen LogP contribution in [0.25, 0.3) is 22.4 Å². The highest BCUT2D eigenvalue weighted by molar-refractivity contribution is 6.07. The fourth-order valence-electron chi connectivity index (χ4n) is 4.18. The number of carbonyl (C=O) groups is 2. The lowest BCUT2D eigenvalue weighted by Gasteiger charge is -2.32. The summed E-state index contributed by atoms with van der Waals surface area (Å²) < 4.78 is 5.41. The van der Waals surface area contributed by atoms with Gasteiger partial charge in [-0.3, -0.25) is 14.6 Å². The van der Waals surface area contributed by atoms with Crippen molar-refractivity contribution in [3.05, 3.63) is 77.7 Å². The first-order chi connectivity index (χ1) is 16.1. The van der Waals surface area contributed by atoms with Crippen molar-refractivity contribution in [1.29, 1.82) is 0 Å². The molecule has 0 unspecified atom stereocenters. The summed E-state index contributed by atoms with van der Waals surface area (Å²) in [7, 11) is 0. The number of pyridine rings is 2.